The first-order chi connectivity index (χ1) is 11.7. The Balaban J connectivity index is 1.85. The summed E-state index contributed by atoms with van der Waals surface area (Å²) in [5, 5.41) is 17.6. The molecular weight excluding hydrogens is 300 g/mol. The van der Waals surface area contributed by atoms with Crippen molar-refractivity contribution in [3.05, 3.63) is 35.9 Å². The van der Waals surface area contributed by atoms with Crippen molar-refractivity contribution < 1.29 is 4.79 Å². The van der Waals surface area contributed by atoms with Gasteiger partial charge in [-0.25, -0.2) is 0 Å². The average molecular weight is 324 g/mol. The van der Waals surface area contributed by atoms with E-state index in [4.69, 9.17) is 10.5 Å². The van der Waals surface area contributed by atoms with E-state index in [9.17, 15) is 4.79 Å². The Morgan fingerprint density at radius 3 is 2.33 bits per heavy atom. The molecule has 0 radical (unpaired) electrons. The van der Waals surface area contributed by atoms with Gasteiger partial charge in [0.1, 0.15) is 13.1 Å². The molecule has 1 aliphatic heterocycles. The van der Waals surface area contributed by atoms with E-state index < -0.39 is 0 Å². The van der Waals surface area contributed by atoms with Gasteiger partial charge in [-0.05, 0) is 50.8 Å². The van der Waals surface area contributed by atoms with E-state index >= 15 is 0 Å². The van der Waals surface area contributed by atoms with Crippen molar-refractivity contribution in [2.45, 2.75) is 32.2 Å². The summed E-state index contributed by atoms with van der Waals surface area (Å²) in [5.41, 5.74) is 1.37. The van der Waals surface area contributed by atoms with Crippen molar-refractivity contribution in [1.82, 2.24) is 9.80 Å². The third kappa shape index (κ3) is 4.81. The Kier molecular flexibility index (Phi) is 6.78. The smallest absolute Gasteiger partial charge is 0.241 e. The molecule has 1 aromatic rings. The highest BCUT2D eigenvalue weighted by molar-refractivity contribution is 5.82. The summed E-state index contributed by atoms with van der Waals surface area (Å²) in [6, 6.07) is 14.2. The second kappa shape index (κ2) is 9.05. The highest BCUT2D eigenvalue weighted by Gasteiger charge is 2.29. The van der Waals surface area contributed by atoms with Crippen LogP contribution in [0.15, 0.2) is 30.3 Å². The maximum absolute atomic E-state index is 12.5. The number of rotatable bonds is 6. The predicted molar refractivity (Wildman–Crippen MR) is 91.7 cm³/mol. The van der Waals surface area contributed by atoms with Crippen LogP contribution in [0.2, 0.25) is 0 Å². The molecule has 5 nitrogen and oxygen atoms in total. The molecular formula is C19H24N4O. The van der Waals surface area contributed by atoms with Crippen molar-refractivity contribution in [2.75, 3.05) is 26.2 Å². The predicted octanol–water partition coefficient (Wildman–Crippen LogP) is 2.21. The fraction of sp³-hybridized carbons (Fsp3) is 0.526. The van der Waals surface area contributed by atoms with Crippen molar-refractivity contribution in [3.63, 3.8) is 0 Å². The van der Waals surface area contributed by atoms with E-state index in [1.54, 1.807) is 0 Å². The number of nitriles is 2. The number of benzene rings is 1. The van der Waals surface area contributed by atoms with E-state index in [2.05, 4.69) is 29.2 Å². The number of carbonyl (C=O) groups is 1. The summed E-state index contributed by atoms with van der Waals surface area (Å²) in [6.07, 6.45) is 3.23. The van der Waals surface area contributed by atoms with Gasteiger partial charge in [0.2, 0.25) is 5.91 Å². The number of nitrogens with zero attached hydrogens (tertiary/aromatic N) is 4. The summed E-state index contributed by atoms with van der Waals surface area (Å²) in [5.74, 6) is 0.528. The van der Waals surface area contributed by atoms with Crippen LogP contribution in [0.4, 0.5) is 0 Å². The molecule has 0 aliphatic carbocycles. The normalized spacial score (nSPS) is 16.8. The largest absolute Gasteiger partial charge is 0.315 e. The maximum Gasteiger partial charge on any atom is 0.241 e. The standard InChI is InChI=1S/C19H24N4O/c1-16(19(24)23(13-9-20)14-10-21)22-11-7-18(8-12-22)15-17-5-3-2-4-6-17/h2-6,16,18H,7-8,11-15H2,1H3. The minimum atomic E-state index is -0.274. The summed E-state index contributed by atoms with van der Waals surface area (Å²) >= 11 is 0. The Labute approximate surface area is 144 Å². The monoisotopic (exact) mass is 324 g/mol. The van der Waals surface area contributed by atoms with E-state index in [1.807, 2.05) is 25.1 Å². The molecule has 5 heteroatoms. The van der Waals surface area contributed by atoms with Gasteiger partial charge in [-0.2, -0.15) is 10.5 Å². The second-order valence-electron chi connectivity index (χ2n) is 6.36. The van der Waals surface area contributed by atoms with Crippen LogP contribution in [0.1, 0.15) is 25.3 Å². The van der Waals surface area contributed by atoms with Crippen molar-refractivity contribution >= 4 is 5.91 Å². The van der Waals surface area contributed by atoms with Gasteiger partial charge >= 0.3 is 0 Å². The zero-order valence-corrected chi connectivity index (χ0v) is 14.2. The zero-order valence-electron chi connectivity index (χ0n) is 14.2. The van der Waals surface area contributed by atoms with Crippen LogP contribution in [0, 0.1) is 28.6 Å². The van der Waals surface area contributed by atoms with E-state index in [0.717, 1.165) is 32.4 Å². The third-order valence-corrected chi connectivity index (χ3v) is 4.76. The number of carbonyl (C=O) groups excluding carboxylic acids is 1. The lowest BCUT2D eigenvalue weighted by molar-refractivity contribution is -0.135. The van der Waals surface area contributed by atoms with Crippen LogP contribution in [-0.4, -0.2) is 47.9 Å². The van der Waals surface area contributed by atoms with Crippen molar-refractivity contribution in [2.24, 2.45) is 5.92 Å². The molecule has 0 aromatic heterocycles. The molecule has 1 unspecified atom stereocenters. The lowest BCUT2D eigenvalue weighted by Gasteiger charge is -2.36. The zero-order chi connectivity index (χ0) is 17.4. The molecule has 1 saturated heterocycles. The van der Waals surface area contributed by atoms with Crippen LogP contribution in [0.3, 0.4) is 0 Å². The van der Waals surface area contributed by atoms with Gasteiger partial charge in [-0.1, -0.05) is 30.3 Å². The van der Waals surface area contributed by atoms with E-state index in [-0.39, 0.29) is 25.0 Å². The molecule has 24 heavy (non-hydrogen) atoms. The minimum Gasteiger partial charge on any atom is -0.315 e. The van der Waals surface area contributed by atoms with Gasteiger partial charge in [0.05, 0.1) is 18.2 Å². The Bertz CT molecular complexity index is 592. The molecule has 1 fully saturated rings. The molecule has 0 N–H and O–H groups in total. The van der Waals surface area contributed by atoms with E-state index in [1.165, 1.54) is 10.5 Å². The number of likely N-dealkylation sites (tertiary alicyclic amines) is 1. The van der Waals surface area contributed by atoms with Crippen molar-refractivity contribution in [1.29, 1.82) is 10.5 Å². The summed E-state index contributed by atoms with van der Waals surface area (Å²) in [7, 11) is 0. The Morgan fingerprint density at radius 2 is 1.79 bits per heavy atom. The van der Waals surface area contributed by atoms with Crippen LogP contribution in [0.5, 0.6) is 0 Å². The number of hydrogen-bond acceptors (Lipinski definition) is 4. The van der Waals surface area contributed by atoms with E-state index in [0.29, 0.717) is 5.92 Å². The van der Waals surface area contributed by atoms with Gasteiger partial charge in [-0.3, -0.25) is 9.69 Å². The average Bonchev–Trinajstić information content (AvgIpc) is 2.62. The fourth-order valence-electron chi connectivity index (χ4n) is 3.29. The molecule has 0 bridgehead atoms. The maximum atomic E-state index is 12.5. The first kappa shape index (κ1) is 18.0. The van der Waals surface area contributed by atoms with Crippen LogP contribution < -0.4 is 0 Å². The Morgan fingerprint density at radius 1 is 1.21 bits per heavy atom. The molecule has 1 heterocycles. The van der Waals surface area contributed by atoms with Gasteiger partial charge in [0.15, 0.2) is 0 Å². The fourth-order valence-corrected chi connectivity index (χ4v) is 3.29. The lowest BCUT2D eigenvalue weighted by atomic mass is 9.89. The van der Waals surface area contributed by atoms with Gasteiger partial charge < -0.3 is 4.90 Å². The Hall–Kier alpha value is -2.37. The number of amides is 1. The summed E-state index contributed by atoms with van der Waals surface area (Å²) in [4.78, 5) is 16.0. The minimum absolute atomic E-state index is 0.0266. The molecule has 1 amide bonds. The van der Waals surface area contributed by atoms with Gasteiger partial charge in [-0.15, -0.1) is 0 Å². The first-order valence-corrected chi connectivity index (χ1v) is 8.46. The van der Waals surface area contributed by atoms with Crippen LogP contribution >= 0.6 is 0 Å². The highest BCUT2D eigenvalue weighted by Crippen LogP contribution is 2.23. The molecule has 1 atom stereocenters. The molecule has 0 spiro atoms. The van der Waals surface area contributed by atoms with Crippen molar-refractivity contribution in [3.8, 4) is 12.1 Å². The van der Waals surface area contributed by atoms with Crippen LogP contribution in [0.25, 0.3) is 0 Å². The third-order valence-electron chi connectivity index (χ3n) is 4.76. The topological polar surface area (TPSA) is 71.1 Å². The summed E-state index contributed by atoms with van der Waals surface area (Å²) in [6.45, 7) is 3.60. The summed E-state index contributed by atoms with van der Waals surface area (Å²) < 4.78 is 0. The molecule has 1 aromatic carbocycles. The highest BCUT2D eigenvalue weighted by atomic mass is 16.2. The molecule has 126 valence electrons. The van der Waals surface area contributed by atoms with Gasteiger partial charge in [0, 0.05) is 0 Å². The van der Waals surface area contributed by atoms with Gasteiger partial charge in [0.25, 0.3) is 0 Å². The number of piperidine rings is 1. The van der Waals surface area contributed by atoms with Crippen LogP contribution in [-0.2, 0) is 11.2 Å². The SMILES string of the molecule is CC(C(=O)N(CC#N)CC#N)N1CCC(Cc2ccccc2)CC1. The molecule has 2 rings (SSSR count). The number of hydrogen-bond donors (Lipinski definition) is 0. The molecule has 1 aliphatic rings. The second-order valence-corrected chi connectivity index (χ2v) is 6.36. The molecule has 0 saturated carbocycles. The quantitative estimate of drug-likeness (QED) is 0.752. The first-order valence-electron chi connectivity index (χ1n) is 8.46. The lowest BCUT2D eigenvalue weighted by Crippen LogP contribution is -2.50.